The van der Waals surface area contributed by atoms with E-state index in [-0.39, 0.29) is 0 Å². The lowest BCUT2D eigenvalue weighted by Crippen LogP contribution is -2.23. The van der Waals surface area contributed by atoms with Crippen molar-refractivity contribution in [3.8, 4) is 0 Å². The van der Waals surface area contributed by atoms with Gasteiger partial charge in [0.1, 0.15) is 0 Å². The molecule has 0 aliphatic rings. The molecule has 0 aromatic heterocycles. The molecule has 0 spiro atoms. The highest BCUT2D eigenvalue weighted by Crippen LogP contribution is 2.35. The Morgan fingerprint density at radius 1 is 1.38 bits per heavy atom. The SMILES string of the molecule is CC(C)(C)C(=O)OCOP(=O)(O)O. The third-order valence-electron chi connectivity index (χ3n) is 1.02. The van der Waals surface area contributed by atoms with E-state index in [4.69, 9.17) is 9.79 Å². The molecule has 13 heavy (non-hydrogen) atoms. The number of hydrogen-bond acceptors (Lipinski definition) is 4. The second-order valence-electron chi connectivity index (χ2n) is 3.42. The Morgan fingerprint density at radius 2 is 1.85 bits per heavy atom. The van der Waals surface area contributed by atoms with Crippen molar-refractivity contribution in [1.29, 1.82) is 0 Å². The maximum Gasteiger partial charge on any atom is 0.472 e. The van der Waals surface area contributed by atoms with Crippen LogP contribution in [0.5, 0.6) is 0 Å². The van der Waals surface area contributed by atoms with Gasteiger partial charge < -0.3 is 14.5 Å². The predicted molar refractivity (Wildman–Crippen MR) is 43.5 cm³/mol. The molecule has 0 atom stereocenters. The highest BCUT2D eigenvalue weighted by atomic mass is 31.2. The average molecular weight is 212 g/mol. The van der Waals surface area contributed by atoms with Gasteiger partial charge in [-0.05, 0) is 20.8 Å². The molecular weight excluding hydrogens is 199 g/mol. The van der Waals surface area contributed by atoms with E-state index in [1.165, 1.54) is 0 Å². The Hall–Kier alpha value is -0.420. The molecule has 0 fully saturated rings. The van der Waals surface area contributed by atoms with Crippen LogP contribution in [0.15, 0.2) is 0 Å². The number of ether oxygens (including phenoxy) is 1. The molecule has 0 saturated carbocycles. The topological polar surface area (TPSA) is 93.1 Å². The Bertz CT molecular complexity index is 224. The minimum atomic E-state index is -4.55. The number of phosphoric acid groups is 1. The van der Waals surface area contributed by atoms with Gasteiger partial charge in [0.2, 0.25) is 6.79 Å². The van der Waals surface area contributed by atoms with E-state index in [0.717, 1.165) is 0 Å². The number of carbonyl (C=O) groups excluding carboxylic acids is 1. The van der Waals surface area contributed by atoms with Gasteiger partial charge in [-0.25, -0.2) is 9.09 Å². The molecule has 0 bridgehead atoms. The molecule has 0 heterocycles. The fourth-order valence-corrected chi connectivity index (χ4v) is 0.555. The number of esters is 1. The summed E-state index contributed by atoms with van der Waals surface area (Å²) in [5.41, 5.74) is -0.710. The molecule has 2 N–H and O–H groups in total. The van der Waals surface area contributed by atoms with Crippen molar-refractivity contribution in [2.45, 2.75) is 20.8 Å². The molecule has 0 aliphatic heterocycles. The van der Waals surface area contributed by atoms with E-state index in [2.05, 4.69) is 9.26 Å². The molecule has 0 aromatic carbocycles. The summed E-state index contributed by atoms with van der Waals surface area (Å²) in [5, 5.41) is 0. The summed E-state index contributed by atoms with van der Waals surface area (Å²) in [5.74, 6) is -0.582. The van der Waals surface area contributed by atoms with Gasteiger partial charge in [-0.3, -0.25) is 4.79 Å². The average Bonchev–Trinajstić information content (AvgIpc) is 1.82. The quantitative estimate of drug-likeness (QED) is 0.405. The number of rotatable bonds is 3. The van der Waals surface area contributed by atoms with E-state index in [1.807, 2.05) is 0 Å². The van der Waals surface area contributed by atoms with Crippen LogP contribution in [0.4, 0.5) is 0 Å². The first-order valence-corrected chi connectivity index (χ1v) is 5.03. The van der Waals surface area contributed by atoms with Gasteiger partial charge in [0, 0.05) is 0 Å². The Morgan fingerprint density at radius 3 is 2.15 bits per heavy atom. The minimum Gasteiger partial charge on any atom is -0.437 e. The predicted octanol–water partition coefficient (Wildman–Crippen LogP) is 0.642. The van der Waals surface area contributed by atoms with Crippen molar-refractivity contribution in [2.75, 3.05) is 6.79 Å². The van der Waals surface area contributed by atoms with Crippen LogP contribution in [0.2, 0.25) is 0 Å². The fourth-order valence-electron chi connectivity index (χ4n) is 0.365. The molecule has 0 radical (unpaired) electrons. The molecule has 0 saturated heterocycles. The van der Waals surface area contributed by atoms with Crippen LogP contribution < -0.4 is 0 Å². The molecule has 78 valence electrons. The normalized spacial score (nSPS) is 12.7. The Labute approximate surface area is 76.1 Å². The van der Waals surface area contributed by atoms with Gasteiger partial charge in [-0.1, -0.05) is 0 Å². The van der Waals surface area contributed by atoms with Crippen LogP contribution in [0.3, 0.4) is 0 Å². The van der Waals surface area contributed by atoms with Crippen molar-refractivity contribution in [3.05, 3.63) is 0 Å². The van der Waals surface area contributed by atoms with E-state index < -0.39 is 26.0 Å². The van der Waals surface area contributed by atoms with Gasteiger partial charge in [-0.15, -0.1) is 0 Å². The Balaban J connectivity index is 3.80. The summed E-state index contributed by atoms with van der Waals surface area (Å²) in [7, 11) is -4.55. The summed E-state index contributed by atoms with van der Waals surface area (Å²) >= 11 is 0. The Kier molecular flexibility index (Phi) is 4.06. The van der Waals surface area contributed by atoms with Crippen LogP contribution in [-0.4, -0.2) is 22.5 Å². The second-order valence-corrected chi connectivity index (χ2v) is 4.66. The van der Waals surface area contributed by atoms with E-state index in [9.17, 15) is 9.36 Å². The third kappa shape index (κ3) is 6.72. The largest absolute Gasteiger partial charge is 0.472 e. The van der Waals surface area contributed by atoms with Gasteiger partial charge in [-0.2, -0.15) is 0 Å². The molecule has 7 heteroatoms. The van der Waals surface area contributed by atoms with Gasteiger partial charge >= 0.3 is 13.8 Å². The third-order valence-corrected chi connectivity index (χ3v) is 1.47. The zero-order valence-electron chi connectivity index (χ0n) is 7.68. The van der Waals surface area contributed by atoms with Crippen LogP contribution in [0.1, 0.15) is 20.8 Å². The van der Waals surface area contributed by atoms with Crippen molar-refractivity contribution < 1.29 is 28.4 Å². The molecule has 6 nitrogen and oxygen atoms in total. The van der Waals surface area contributed by atoms with Crippen molar-refractivity contribution in [1.82, 2.24) is 0 Å². The lowest BCUT2D eigenvalue weighted by Gasteiger charge is -2.16. The highest BCUT2D eigenvalue weighted by Gasteiger charge is 2.24. The number of carbonyl (C=O) groups is 1. The first-order valence-electron chi connectivity index (χ1n) is 3.50. The molecule has 0 aromatic rings. The molecular formula is C6H13O6P. The molecule has 0 unspecified atom stereocenters. The summed E-state index contributed by atoms with van der Waals surface area (Å²) in [6.07, 6.45) is 0. The summed E-state index contributed by atoms with van der Waals surface area (Å²) in [4.78, 5) is 27.5. The zero-order valence-corrected chi connectivity index (χ0v) is 8.58. The lowest BCUT2D eigenvalue weighted by atomic mass is 9.98. The van der Waals surface area contributed by atoms with Crippen LogP contribution in [-0.2, 0) is 18.6 Å². The fraction of sp³-hybridized carbons (Fsp3) is 0.833. The van der Waals surface area contributed by atoms with Gasteiger partial charge in [0.15, 0.2) is 0 Å². The molecule has 0 amide bonds. The summed E-state index contributed by atoms with van der Waals surface area (Å²) < 4.78 is 18.5. The molecule has 0 rings (SSSR count). The van der Waals surface area contributed by atoms with E-state index >= 15 is 0 Å². The molecule has 0 aliphatic carbocycles. The first-order chi connectivity index (χ1) is 5.63. The standard InChI is InChI=1S/C6H13O6P/c1-6(2,3)5(7)11-4-12-13(8,9)10/h4H2,1-3H3,(H2,8,9,10). The van der Waals surface area contributed by atoms with Crippen molar-refractivity contribution in [2.24, 2.45) is 5.41 Å². The summed E-state index contributed by atoms with van der Waals surface area (Å²) in [6.45, 7) is 4.12. The van der Waals surface area contributed by atoms with Gasteiger partial charge in [0.25, 0.3) is 0 Å². The lowest BCUT2D eigenvalue weighted by molar-refractivity contribution is -0.160. The first kappa shape index (κ1) is 12.6. The summed E-state index contributed by atoms with van der Waals surface area (Å²) in [6, 6.07) is 0. The number of phosphoric ester groups is 1. The maximum absolute atomic E-state index is 11.0. The van der Waals surface area contributed by atoms with E-state index in [1.54, 1.807) is 20.8 Å². The second kappa shape index (κ2) is 4.19. The van der Waals surface area contributed by atoms with Crippen LogP contribution in [0, 0.1) is 5.41 Å². The van der Waals surface area contributed by atoms with Gasteiger partial charge in [0.05, 0.1) is 5.41 Å². The maximum atomic E-state index is 11.0. The minimum absolute atomic E-state index is 0.582. The van der Waals surface area contributed by atoms with Crippen molar-refractivity contribution in [3.63, 3.8) is 0 Å². The monoisotopic (exact) mass is 212 g/mol. The highest BCUT2D eigenvalue weighted by molar-refractivity contribution is 7.46. The van der Waals surface area contributed by atoms with Crippen LogP contribution >= 0.6 is 7.82 Å². The van der Waals surface area contributed by atoms with E-state index in [0.29, 0.717) is 0 Å². The smallest absolute Gasteiger partial charge is 0.437 e. The number of hydrogen-bond donors (Lipinski definition) is 2. The zero-order chi connectivity index (χ0) is 10.7. The van der Waals surface area contributed by atoms with Crippen molar-refractivity contribution >= 4 is 13.8 Å². The van der Waals surface area contributed by atoms with Crippen LogP contribution in [0.25, 0.3) is 0 Å².